The van der Waals surface area contributed by atoms with Crippen LogP contribution in [0.4, 0.5) is 0 Å². The monoisotopic (exact) mass is 156 g/mol. The molecule has 0 aromatic rings. The van der Waals surface area contributed by atoms with E-state index in [9.17, 15) is 5.21 Å². The highest BCUT2D eigenvalue weighted by Crippen LogP contribution is 2.27. The molecule has 1 heterocycles. The lowest BCUT2D eigenvalue weighted by Crippen LogP contribution is -2.30. The molecule has 0 N–H and O–H groups in total. The molecule has 4 heteroatoms. The number of quaternary nitrogens is 1. The van der Waals surface area contributed by atoms with Gasteiger partial charge in [0.15, 0.2) is 5.70 Å². The summed E-state index contributed by atoms with van der Waals surface area (Å²) in [5.41, 5.74) is 2.27. The van der Waals surface area contributed by atoms with Crippen LogP contribution in [0.15, 0.2) is 16.4 Å². The largest absolute Gasteiger partial charge is 0.565 e. The molecule has 0 saturated carbocycles. The van der Waals surface area contributed by atoms with Gasteiger partial charge in [0.1, 0.15) is 5.71 Å². The number of nitrogens with zero attached hydrogens (tertiary/aromatic N) is 2. The van der Waals surface area contributed by atoms with Gasteiger partial charge in [0, 0.05) is 12.5 Å². The average molecular weight is 156 g/mol. The molecular weight excluding hydrogens is 144 g/mol. The van der Waals surface area contributed by atoms with Gasteiger partial charge in [-0.25, -0.2) is 0 Å². The van der Waals surface area contributed by atoms with Crippen LogP contribution >= 0.6 is 0 Å². The van der Waals surface area contributed by atoms with Crippen LogP contribution in [0.3, 0.4) is 0 Å². The van der Waals surface area contributed by atoms with E-state index in [4.69, 9.17) is 0 Å². The molecule has 0 amide bonds. The number of hydroxylamine groups is 2. The molecule has 1 aliphatic rings. The summed E-state index contributed by atoms with van der Waals surface area (Å²) >= 11 is 0. The van der Waals surface area contributed by atoms with Gasteiger partial charge in [-0.1, -0.05) is 4.92 Å². The summed E-state index contributed by atoms with van der Waals surface area (Å²) in [5.74, 6) is 0. The fourth-order valence-electron chi connectivity index (χ4n) is 0.999. The topological polar surface area (TPSA) is 44.6 Å². The molecule has 0 aliphatic carbocycles. The average Bonchev–Trinajstić information content (AvgIpc) is 2.17. The summed E-state index contributed by atoms with van der Waals surface area (Å²) in [6.07, 6.45) is 0. The van der Waals surface area contributed by atoms with Gasteiger partial charge in [-0.2, -0.15) is 4.84 Å². The van der Waals surface area contributed by atoms with Crippen molar-refractivity contribution in [1.29, 1.82) is 0 Å². The molecular formula is C7H12N2O2. The fourth-order valence-corrected chi connectivity index (χ4v) is 0.999. The Morgan fingerprint density at radius 1 is 1.36 bits per heavy atom. The fraction of sp³-hybridized carbons (Fsp3) is 0.571. The lowest BCUT2D eigenvalue weighted by Gasteiger charge is -2.27. The van der Waals surface area contributed by atoms with Gasteiger partial charge in [0.25, 0.3) is 0 Å². The van der Waals surface area contributed by atoms with E-state index < -0.39 is 4.92 Å². The quantitative estimate of drug-likeness (QED) is 0.427. The van der Waals surface area contributed by atoms with E-state index in [-0.39, 0.29) is 0 Å². The van der Waals surface area contributed by atoms with E-state index in [1.54, 1.807) is 13.8 Å². The summed E-state index contributed by atoms with van der Waals surface area (Å²) in [6.45, 7) is 5.40. The zero-order valence-electron chi connectivity index (χ0n) is 7.21. The number of allylic oxidation sites excluding steroid dienone is 2. The first kappa shape index (κ1) is 8.39. The molecule has 0 aromatic heterocycles. The normalized spacial score (nSPS) is 31.2. The summed E-state index contributed by atoms with van der Waals surface area (Å²) in [7, 11) is 1.35. The number of rotatable bonds is 1. The summed E-state index contributed by atoms with van der Waals surface area (Å²) in [4.78, 5) is 3.69. The van der Waals surface area contributed by atoms with Crippen LogP contribution in [0.25, 0.3) is 0 Å². The Kier molecular flexibility index (Phi) is 1.83. The predicted octanol–water partition coefficient (Wildman–Crippen LogP) is 1.55. The van der Waals surface area contributed by atoms with E-state index in [0.717, 1.165) is 11.3 Å². The Balaban J connectivity index is 3.09. The predicted molar refractivity (Wildman–Crippen MR) is 42.1 cm³/mol. The summed E-state index contributed by atoms with van der Waals surface area (Å²) < 4.78 is 0. The minimum Gasteiger partial charge on any atom is -0.565 e. The minimum absolute atomic E-state index is 0.602. The van der Waals surface area contributed by atoms with Crippen LogP contribution in [-0.2, 0) is 4.84 Å². The molecule has 0 saturated heterocycles. The molecule has 62 valence electrons. The first-order valence-corrected chi connectivity index (χ1v) is 3.42. The lowest BCUT2D eigenvalue weighted by atomic mass is 10.2. The highest BCUT2D eigenvalue weighted by atomic mass is 17.0. The molecule has 0 bridgehead atoms. The smallest absolute Gasteiger partial charge is 0.172 e. The molecule has 11 heavy (non-hydrogen) atoms. The van der Waals surface area contributed by atoms with Gasteiger partial charge in [-0.3, -0.25) is 0 Å². The van der Waals surface area contributed by atoms with Crippen molar-refractivity contribution in [2.24, 2.45) is 5.10 Å². The molecule has 4 nitrogen and oxygen atoms in total. The van der Waals surface area contributed by atoms with E-state index in [1.807, 2.05) is 6.92 Å². The second kappa shape index (κ2) is 2.41. The van der Waals surface area contributed by atoms with Crippen molar-refractivity contribution in [3.8, 4) is 0 Å². The first-order chi connectivity index (χ1) is 5.01. The lowest BCUT2D eigenvalue weighted by molar-refractivity contribution is -1.04. The zero-order valence-corrected chi connectivity index (χ0v) is 7.21. The third-order valence-corrected chi connectivity index (χ3v) is 2.04. The van der Waals surface area contributed by atoms with Crippen LogP contribution in [-0.4, -0.2) is 17.7 Å². The molecule has 0 fully saturated rings. The molecule has 0 radical (unpaired) electrons. The number of hydrogen-bond donors (Lipinski definition) is 0. The van der Waals surface area contributed by atoms with Crippen LogP contribution in [0.5, 0.6) is 0 Å². The van der Waals surface area contributed by atoms with Crippen molar-refractivity contribution >= 4 is 5.71 Å². The van der Waals surface area contributed by atoms with Gasteiger partial charge in [-0.05, 0) is 18.9 Å². The van der Waals surface area contributed by atoms with Gasteiger partial charge in [-0.15, -0.1) is 0 Å². The molecule has 0 aromatic carbocycles. The maximum atomic E-state index is 11.5. The molecule has 1 unspecified atom stereocenters. The molecule has 1 atom stereocenters. The van der Waals surface area contributed by atoms with Crippen molar-refractivity contribution < 1.29 is 9.76 Å². The Morgan fingerprint density at radius 3 is 2.09 bits per heavy atom. The Hall–Kier alpha value is -0.710. The van der Waals surface area contributed by atoms with Gasteiger partial charge in [0.2, 0.25) is 0 Å². The SMILES string of the molecule is CO[N+]1([O-])N=C(C)C(C)=C1C. The Morgan fingerprint density at radius 2 is 1.91 bits per heavy atom. The van der Waals surface area contributed by atoms with Crippen LogP contribution in [0.2, 0.25) is 0 Å². The van der Waals surface area contributed by atoms with E-state index >= 15 is 0 Å². The minimum atomic E-state index is -1.00. The maximum absolute atomic E-state index is 11.5. The Labute approximate surface area is 65.9 Å². The van der Waals surface area contributed by atoms with E-state index in [2.05, 4.69) is 9.94 Å². The highest BCUT2D eigenvalue weighted by molar-refractivity contribution is 5.98. The summed E-state index contributed by atoms with van der Waals surface area (Å²) in [5, 5.41) is 15.3. The number of hydrogen-bond acceptors (Lipinski definition) is 3. The van der Waals surface area contributed by atoms with E-state index in [1.165, 1.54) is 7.11 Å². The summed E-state index contributed by atoms with van der Waals surface area (Å²) in [6, 6.07) is 0. The van der Waals surface area contributed by atoms with Crippen molar-refractivity contribution in [2.45, 2.75) is 20.8 Å². The van der Waals surface area contributed by atoms with Crippen molar-refractivity contribution in [1.82, 2.24) is 0 Å². The van der Waals surface area contributed by atoms with Gasteiger partial charge in [0.05, 0.1) is 7.11 Å². The van der Waals surface area contributed by atoms with E-state index in [0.29, 0.717) is 5.70 Å². The first-order valence-electron chi connectivity index (χ1n) is 3.42. The second-order valence-corrected chi connectivity index (χ2v) is 2.60. The second-order valence-electron chi connectivity index (χ2n) is 2.60. The molecule has 1 rings (SSSR count). The standard InChI is InChI=1S/C7H12N2O2/c1-5-6(2)8-9(10,11-4)7(5)3/h1-4H3. The third kappa shape index (κ3) is 1.09. The Bertz CT molecular complexity index is 245. The van der Waals surface area contributed by atoms with Crippen molar-refractivity contribution in [3.63, 3.8) is 0 Å². The van der Waals surface area contributed by atoms with Crippen LogP contribution in [0, 0.1) is 5.21 Å². The van der Waals surface area contributed by atoms with Crippen LogP contribution < -0.4 is 0 Å². The highest BCUT2D eigenvalue weighted by Gasteiger charge is 2.30. The van der Waals surface area contributed by atoms with Crippen molar-refractivity contribution in [2.75, 3.05) is 7.11 Å². The zero-order chi connectivity index (χ0) is 8.65. The molecule has 0 spiro atoms. The van der Waals surface area contributed by atoms with Crippen molar-refractivity contribution in [3.05, 3.63) is 16.5 Å². The van der Waals surface area contributed by atoms with Crippen LogP contribution in [0.1, 0.15) is 20.8 Å². The maximum Gasteiger partial charge on any atom is 0.172 e. The van der Waals surface area contributed by atoms with Gasteiger partial charge < -0.3 is 5.21 Å². The van der Waals surface area contributed by atoms with Gasteiger partial charge >= 0.3 is 0 Å². The molecule has 1 aliphatic heterocycles. The third-order valence-electron chi connectivity index (χ3n) is 2.04.